The normalized spacial score (nSPS) is 13.8. The molecule has 0 aliphatic carbocycles. The molecular formula is C19H19Br2NO2. The molecule has 0 saturated heterocycles. The van der Waals surface area contributed by atoms with Gasteiger partial charge in [-0.3, -0.25) is 0 Å². The first kappa shape index (κ1) is 17.5. The van der Waals surface area contributed by atoms with Crippen molar-refractivity contribution in [1.29, 1.82) is 0 Å². The van der Waals surface area contributed by atoms with E-state index in [0.717, 1.165) is 44.3 Å². The molecule has 0 atom stereocenters. The van der Waals surface area contributed by atoms with Crippen LogP contribution in [-0.2, 0) is 17.6 Å². The van der Waals surface area contributed by atoms with Gasteiger partial charge in [0.05, 0.1) is 11.4 Å². The summed E-state index contributed by atoms with van der Waals surface area (Å²) < 4.78 is 7.69. The lowest BCUT2D eigenvalue weighted by atomic mass is 10.0. The highest BCUT2D eigenvalue weighted by Gasteiger charge is 2.30. The van der Waals surface area contributed by atoms with Crippen LogP contribution in [0.3, 0.4) is 0 Å². The molecule has 126 valence electrons. The van der Waals surface area contributed by atoms with Crippen LogP contribution in [0, 0.1) is 0 Å². The number of halogens is 2. The third kappa shape index (κ3) is 3.67. The van der Waals surface area contributed by atoms with Crippen LogP contribution in [0.1, 0.15) is 31.9 Å². The highest BCUT2D eigenvalue weighted by Crippen LogP contribution is 2.39. The van der Waals surface area contributed by atoms with E-state index in [9.17, 15) is 4.79 Å². The Morgan fingerprint density at radius 3 is 1.83 bits per heavy atom. The summed E-state index contributed by atoms with van der Waals surface area (Å²) in [7, 11) is 0. The van der Waals surface area contributed by atoms with E-state index in [4.69, 9.17) is 4.74 Å². The van der Waals surface area contributed by atoms with Crippen molar-refractivity contribution in [3.05, 3.63) is 56.5 Å². The van der Waals surface area contributed by atoms with Crippen LogP contribution < -0.4 is 4.90 Å². The second-order valence-corrected chi connectivity index (χ2v) is 8.69. The summed E-state index contributed by atoms with van der Waals surface area (Å²) in [6.07, 6.45) is 1.39. The molecule has 0 aromatic heterocycles. The zero-order chi connectivity index (χ0) is 17.5. The molecule has 1 aliphatic rings. The zero-order valence-corrected chi connectivity index (χ0v) is 17.1. The van der Waals surface area contributed by atoms with Crippen LogP contribution in [0.2, 0.25) is 0 Å². The molecule has 3 rings (SSSR count). The van der Waals surface area contributed by atoms with Gasteiger partial charge in [-0.1, -0.05) is 31.9 Å². The number of benzene rings is 2. The fourth-order valence-corrected chi connectivity index (χ4v) is 3.67. The van der Waals surface area contributed by atoms with E-state index in [2.05, 4.69) is 44.0 Å². The highest BCUT2D eigenvalue weighted by molar-refractivity contribution is 9.10. The minimum atomic E-state index is -0.547. The first-order chi connectivity index (χ1) is 11.2. The average molecular weight is 453 g/mol. The van der Waals surface area contributed by atoms with Gasteiger partial charge < -0.3 is 4.74 Å². The number of amides is 1. The topological polar surface area (TPSA) is 29.5 Å². The van der Waals surface area contributed by atoms with E-state index in [0.29, 0.717) is 0 Å². The Balaban J connectivity index is 2.15. The number of hydrogen-bond donors (Lipinski definition) is 0. The van der Waals surface area contributed by atoms with Crippen LogP contribution >= 0.6 is 31.9 Å². The highest BCUT2D eigenvalue weighted by atomic mass is 79.9. The summed E-state index contributed by atoms with van der Waals surface area (Å²) in [5.41, 5.74) is 3.47. The minimum absolute atomic E-state index is 0.350. The van der Waals surface area contributed by atoms with Crippen molar-refractivity contribution in [2.45, 2.75) is 39.2 Å². The predicted molar refractivity (Wildman–Crippen MR) is 104 cm³/mol. The maximum Gasteiger partial charge on any atom is 0.419 e. The predicted octanol–water partition coefficient (Wildman–Crippen LogP) is 6.38. The maximum absolute atomic E-state index is 12.9. The Morgan fingerprint density at radius 1 is 0.958 bits per heavy atom. The van der Waals surface area contributed by atoms with Crippen LogP contribution in [-0.4, -0.2) is 11.7 Å². The van der Waals surface area contributed by atoms with Crippen molar-refractivity contribution in [2.24, 2.45) is 0 Å². The van der Waals surface area contributed by atoms with E-state index >= 15 is 0 Å². The second-order valence-electron chi connectivity index (χ2n) is 6.86. The van der Waals surface area contributed by atoms with Crippen LogP contribution in [0.4, 0.5) is 16.2 Å². The van der Waals surface area contributed by atoms with Crippen molar-refractivity contribution in [3.63, 3.8) is 0 Å². The van der Waals surface area contributed by atoms with Crippen LogP contribution in [0.15, 0.2) is 45.3 Å². The van der Waals surface area contributed by atoms with E-state index < -0.39 is 5.60 Å². The van der Waals surface area contributed by atoms with Gasteiger partial charge in [-0.2, -0.15) is 0 Å². The van der Waals surface area contributed by atoms with Crippen molar-refractivity contribution >= 4 is 49.3 Å². The van der Waals surface area contributed by atoms with E-state index in [1.54, 1.807) is 4.90 Å². The maximum atomic E-state index is 12.9. The van der Waals surface area contributed by atoms with Gasteiger partial charge in [0.15, 0.2) is 0 Å². The Labute approximate surface area is 159 Å². The Kier molecular flexibility index (Phi) is 4.76. The van der Waals surface area contributed by atoms with E-state index in [1.807, 2.05) is 45.0 Å². The van der Waals surface area contributed by atoms with Gasteiger partial charge in [0, 0.05) is 8.95 Å². The van der Waals surface area contributed by atoms with Gasteiger partial charge >= 0.3 is 6.09 Å². The van der Waals surface area contributed by atoms with Gasteiger partial charge in [-0.25, -0.2) is 9.69 Å². The molecule has 2 aromatic rings. The van der Waals surface area contributed by atoms with Crippen molar-refractivity contribution < 1.29 is 9.53 Å². The summed E-state index contributed by atoms with van der Waals surface area (Å²) in [6, 6.07) is 12.0. The zero-order valence-electron chi connectivity index (χ0n) is 13.9. The first-order valence-electron chi connectivity index (χ1n) is 7.84. The Bertz CT molecular complexity index is 743. The average Bonchev–Trinajstić information content (AvgIpc) is 2.61. The summed E-state index contributed by atoms with van der Waals surface area (Å²) in [6.45, 7) is 5.65. The summed E-state index contributed by atoms with van der Waals surface area (Å²) in [5.74, 6) is 0. The number of carbonyl (C=O) groups excluding carboxylic acids is 1. The fourth-order valence-electron chi connectivity index (χ4n) is 2.85. The fraction of sp³-hybridized carbons (Fsp3) is 0.316. The largest absolute Gasteiger partial charge is 0.443 e. The quantitative estimate of drug-likeness (QED) is 0.463. The second kappa shape index (κ2) is 6.52. The molecule has 5 heteroatoms. The summed E-state index contributed by atoms with van der Waals surface area (Å²) in [4.78, 5) is 14.6. The molecule has 1 aliphatic heterocycles. The number of ether oxygens (including phenoxy) is 1. The Hall–Kier alpha value is -1.33. The van der Waals surface area contributed by atoms with Crippen molar-refractivity contribution in [3.8, 4) is 0 Å². The van der Waals surface area contributed by atoms with Crippen molar-refractivity contribution in [2.75, 3.05) is 4.90 Å². The molecule has 0 bridgehead atoms. The number of rotatable bonds is 0. The molecule has 1 amide bonds. The first-order valence-corrected chi connectivity index (χ1v) is 9.43. The molecule has 0 unspecified atom stereocenters. The van der Waals surface area contributed by atoms with Gasteiger partial charge in [0.25, 0.3) is 0 Å². The Morgan fingerprint density at radius 2 is 1.42 bits per heavy atom. The lowest BCUT2D eigenvalue weighted by molar-refractivity contribution is 0.0599. The molecule has 0 spiro atoms. The van der Waals surface area contributed by atoms with Gasteiger partial charge in [-0.15, -0.1) is 0 Å². The number of carbonyl (C=O) groups is 1. The minimum Gasteiger partial charge on any atom is -0.443 e. The molecule has 0 saturated carbocycles. The number of nitrogens with zero attached hydrogens (tertiary/aromatic N) is 1. The molecular weight excluding hydrogens is 434 g/mol. The smallest absolute Gasteiger partial charge is 0.419 e. The number of hydrogen-bond acceptors (Lipinski definition) is 2. The standard InChI is InChI=1S/C19H19Br2NO2/c1-19(2,3)24-18(23)22-16-8-6-14(20)10-12(16)4-5-13-11-15(21)7-9-17(13)22/h6-11H,4-5H2,1-3H3. The third-order valence-electron chi connectivity index (χ3n) is 3.80. The van der Waals surface area contributed by atoms with Crippen molar-refractivity contribution in [1.82, 2.24) is 0 Å². The molecule has 2 aromatic carbocycles. The SMILES string of the molecule is CC(C)(C)OC(=O)N1c2ccc(Br)cc2CCc2cc(Br)ccc21. The van der Waals surface area contributed by atoms with Gasteiger partial charge in [-0.05, 0) is 81.1 Å². The molecule has 1 heterocycles. The third-order valence-corrected chi connectivity index (χ3v) is 4.79. The number of aryl methyl sites for hydroxylation is 2. The summed E-state index contributed by atoms with van der Waals surface area (Å²) >= 11 is 7.05. The number of fused-ring (bicyclic) bond motifs is 2. The molecule has 24 heavy (non-hydrogen) atoms. The van der Waals surface area contributed by atoms with Crippen LogP contribution in [0.5, 0.6) is 0 Å². The monoisotopic (exact) mass is 451 g/mol. The molecule has 3 nitrogen and oxygen atoms in total. The summed E-state index contributed by atoms with van der Waals surface area (Å²) in [5, 5.41) is 0. The lowest BCUT2D eigenvalue weighted by Crippen LogP contribution is -2.34. The molecule has 0 N–H and O–H groups in total. The van der Waals surface area contributed by atoms with Gasteiger partial charge in [0.2, 0.25) is 0 Å². The van der Waals surface area contributed by atoms with E-state index in [1.165, 1.54) is 0 Å². The van der Waals surface area contributed by atoms with Gasteiger partial charge in [0.1, 0.15) is 5.60 Å². The lowest BCUT2D eigenvalue weighted by Gasteiger charge is -2.28. The molecule has 0 fully saturated rings. The van der Waals surface area contributed by atoms with Crippen LogP contribution in [0.25, 0.3) is 0 Å². The number of anilines is 2. The molecule has 0 radical (unpaired) electrons. The van der Waals surface area contributed by atoms with E-state index in [-0.39, 0.29) is 6.09 Å².